The molecule has 0 fully saturated rings. The summed E-state index contributed by atoms with van der Waals surface area (Å²) in [5.41, 5.74) is 1.44. The average Bonchev–Trinajstić information content (AvgIpc) is 3.25. The van der Waals surface area contributed by atoms with Gasteiger partial charge in [0, 0.05) is 10.9 Å². The van der Waals surface area contributed by atoms with Gasteiger partial charge >= 0.3 is 12.6 Å². The summed E-state index contributed by atoms with van der Waals surface area (Å²) in [5, 5.41) is 7.58. The molecule has 0 bridgehead atoms. The molecular formula is C16H12F2N2O4S. The molecule has 0 N–H and O–H groups in total. The molecule has 0 saturated carbocycles. The van der Waals surface area contributed by atoms with E-state index in [0.717, 1.165) is 5.56 Å². The van der Waals surface area contributed by atoms with Crippen molar-refractivity contribution < 1.29 is 27.6 Å². The lowest BCUT2D eigenvalue weighted by atomic mass is 10.1. The smallest absolute Gasteiger partial charge is 0.387 e. The lowest BCUT2D eigenvalue weighted by Crippen LogP contribution is -2.08. The van der Waals surface area contributed by atoms with Crippen molar-refractivity contribution in [1.29, 1.82) is 0 Å². The monoisotopic (exact) mass is 366 g/mol. The fourth-order valence-corrected chi connectivity index (χ4v) is 2.61. The van der Waals surface area contributed by atoms with Crippen LogP contribution < -0.4 is 4.74 Å². The van der Waals surface area contributed by atoms with Crippen LogP contribution in [0.2, 0.25) is 0 Å². The van der Waals surface area contributed by atoms with E-state index in [1.165, 1.54) is 35.6 Å². The molecule has 1 aromatic carbocycles. The molecule has 3 rings (SSSR count). The van der Waals surface area contributed by atoms with Gasteiger partial charge in [0.25, 0.3) is 5.89 Å². The molecule has 0 saturated heterocycles. The van der Waals surface area contributed by atoms with Gasteiger partial charge in [-0.2, -0.15) is 25.1 Å². The molecule has 0 radical (unpaired) electrons. The Kier molecular flexibility index (Phi) is 5.34. The molecule has 6 nitrogen and oxygen atoms in total. The van der Waals surface area contributed by atoms with E-state index in [4.69, 9.17) is 9.26 Å². The minimum atomic E-state index is -2.89. The normalized spacial score (nSPS) is 10.8. The van der Waals surface area contributed by atoms with Gasteiger partial charge in [-0.25, -0.2) is 0 Å². The quantitative estimate of drug-likeness (QED) is 0.594. The van der Waals surface area contributed by atoms with E-state index in [1.54, 1.807) is 0 Å². The Morgan fingerprint density at radius 2 is 2.04 bits per heavy atom. The number of carbonyl (C=O) groups excluding carboxylic acids is 1. The second-order valence-corrected chi connectivity index (χ2v) is 5.66. The standard InChI is InChI=1S/C16H12F2N2O4S/c17-16(18)23-12-3-1-10(2-4-12)7-14(21)22-8-13-19-15(20-24-13)11-5-6-25-9-11/h1-6,9,16H,7-8H2. The van der Waals surface area contributed by atoms with Gasteiger partial charge in [-0.15, -0.1) is 0 Å². The number of thiophene rings is 1. The highest BCUT2D eigenvalue weighted by Crippen LogP contribution is 2.19. The highest BCUT2D eigenvalue weighted by molar-refractivity contribution is 7.08. The van der Waals surface area contributed by atoms with Gasteiger partial charge in [-0.05, 0) is 29.1 Å². The van der Waals surface area contributed by atoms with Crippen LogP contribution >= 0.6 is 11.3 Å². The van der Waals surface area contributed by atoms with Crippen LogP contribution in [0.25, 0.3) is 11.4 Å². The van der Waals surface area contributed by atoms with Gasteiger partial charge in [0.2, 0.25) is 5.82 Å². The molecular weight excluding hydrogens is 354 g/mol. The maximum Gasteiger partial charge on any atom is 0.387 e. The first-order valence-corrected chi connectivity index (χ1v) is 8.09. The van der Waals surface area contributed by atoms with E-state index in [0.29, 0.717) is 11.4 Å². The van der Waals surface area contributed by atoms with Gasteiger partial charge in [0.1, 0.15) is 5.75 Å². The van der Waals surface area contributed by atoms with E-state index >= 15 is 0 Å². The highest BCUT2D eigenvalue weighted by Gasteiger charge is 2.12. The lowest BCUT2D eigenvalue weighted by Gasteiger charge is -2.05. The third-order valence-electron chi connectivity index (χ3n) is 3.10. The minimum Gasteiger partial charge on any atom is -0.455 e. The first-order valence-electron chi connectivity index (χ1n) is 7.14. The predicted molar refractivity (Wildman–Crippen MR) is 84.2 cm³/mol. The summed E-state index contributed by atoms with van der Waals surface area (Å²) in [6.45, 7) is -3.02. The molecule has 0 aliphatic rings. The Bertz CT molecular complexity index is 819. The number of rotatable bonds is 7. The van der Waals surface area contributed by atoms with E-state index in [1.807, 2.05) is 16.8 Å². The van der Waals surface area contributed by atoms with Crippen molar-refractivity contribution in [3.8, 4) is 17.1 Å². The Balaban J connectivity index is 1.49. The molecule has 0 aliphatic heterocycles. The van der Waals surface area contributed by atoms with Crippen LogP contribution in [0, 0.1) is 0 Å². The van der Waals surface area contributed by atoms with E-state index in [2.05, 4.69) is 14.9 Å². The number of alkyl halides is 2. The molecule has 0 amide bonds. The highest BCUT2D eigenvalue weighted by atomic mass is 32.1. The van der Waals surface area contributed by atoms with Gasteiger partial charge in [-0.1, -0.05) is 17.3 Å². The number of halogens is 2. The molecule has 25 heavy (non-hydrogen) atoms. The molecule has 0 spiro atoms. The summed E-state index contributed by atoms with van der Waals surface area (Å²) >= 11 is 1.51. The molecule has 0 aliphatic carbocycles. The summed E-state index contributed by atoms with van der Waals surface area (Å²) in [4.78, 5) is 16.0. The SMILES string of the molecule is O=C(Cc1ccc(OC(F)F)cc1)OCc1nc(-c2ccsc2)no1. The van der Waals surface area contributed by atoms with Crippen molar-refractivity contribution in [2.45, 2.75) is 19.6 Å². The van der Waals surface area contributed by atoms with Crippen LogP contribution in [0.5, 0.6) is 5.75 Å². The van der Waals surface area contributed by atoms with Gasteiger partial charge in [0.15, 0.2) is 6.61 Å². The minimum absolute atomic E-state index is 0.0134. The lowest BCUT2D eigenvalue weighted by molar-refractivity contribution is -0.144. The molecule has 0 atom stereocenters. The van der Waals surface area contributed by atoms with Crippen LogP contribution in [0.3, 0.4) is 0 Å². The maximum atomic E-state index is 12.1. The number of esters is 1. The zero-order valence-electron chi connectivity index (χ0n) is 12.7. The molecule has 130 valence electrons. The first kappa shape index (κ1) is 17.0. The van der Waals surface area contributed by atoms with Crippen LogP contribution in [0.1, 0.15) is 11.5 Å². The van der Waals surface area contributed by atoms with Crippen molar-refractivity contribution in [3.63, 3.8) is 0 Å². The molecule has 2 heterocycles. The van der Waals surface area contributed by atoms with E-state index in [9.17, 15) is 13.6 Å². The summed E-state index contributed by atoms with van der Waals surface area (Å²) in [5.74, 6) is 0.147. The van der Waals surface area contributed by atoms with Crippen molar-refractivity contribution in [2.24, 2.45) is 0 Å². The average molecular weight is 366 g/mol. The number of ether oxygens (including phenoxy) is 2. The van der Waals surface area contributed by atoms with Crippen molar-refractivity contribution in [3.05, 3.63) is 52.5 Å². The summed E-state index contributed by atoms with van der Waals surface area (Å²) in [6.07, 6.45) is -0.0134. The van der Waals surface area contributed by atoms with Crippen LogP contribution in [-0.4, -0.2) is 22.7 Å². The Morgan fingerprint density at radius 1 is 1.24 bits per heavy atom. The van der Waals surface area contributed by atoms with Crippen LogP contribution in [0.15, 0.2) is 45.6 Å². The van der Waals surface area contributed by atoms with E-state index < -0.39 is 12.6 Å². The molecule has 2 aromatic heterocycles. The fourth-order valence-electron chi connectivity index (χ4n) is 1.97. The Hall–Kier alpha value is -2.81. The van der Waals surface area contributed by atoms with Gasteiger partial charge < -0.3 is 14.0 Å². The summed E-state index contributed by atoms with van der Waals surface area (Å²) < 4.78 is 38.5. The first-order chi connectivity index (χ1) is 12.1. The number of benzene rings is 1. The second kappa shape index (κ2) is 7.84. The Morgan fingerprint density at radius 3 is 2.72 bits per heavy atom. The van der Waals surface area contributed by atoms with Crippen molar-refractivity contribution >= 4 is 17.3 Å². The van der Waals surface area contributed by atoms with Gasteiger partial charge in [-0.3, -0.25) is 4.79 Å². The zero-order valence-corrected chi connectivity index (χ0v) is 13.5. The number of carbonyl (C=O) groups is 1. The van der Waals surface area contributed by atoms with Crippen molar-refractivity contribution in [1.82, 2.24) is 10.1 Å². The molecule has 0 unspecified atom stereocenters. The number of hydrogen-bond donors (Lipinski definition) is 0. The van der Waals surface area contributed by atoms with Crippen LogP contribution in [0.4, 0.5) is 8.78 Å². The van der Waals surface area contributed by atoms with E-state index in [-0.39, 0.29) is 24.7 Å². The third kappa shape index (κ3) is 4.83. The van der Waals surface area contributed by atoms with Crippen molar-refractivity contribution in [2.75, 3.05) is 0 Å². The maximum absolute atomic E-state index is 12.1. The topological polar surface area (TPSA) is 74.5 Å². The Labute approximate surface area is 145 Å². The summed E-state index contributed by atoms with van der Waals surface area (Å²) in [6, 6.07) is 7.60. The zero-order chi connectivity index (χ0) is 17.6. The summed E-state index contributed by atoms with van der Waals surface area (Å²) in [7, 11) is 0. The molecule has 9 heteroatoms. The number of hydrogen-bond acceptors (Lipinski definition) is 7. The largest absolute Gasteiger partial charge is 0.455 e. The number of nitrogens with zero attached hydrogens (tertiary/aromatic N) is 2. The third-order valence-corrected chi connectivity index (χ3v) is 3.78. The predicted octanol–water partition coefficient (Wildman–Crippen LogP) is 3.69. The second-order valence-electron chi connectivity index (χ2n) is 4.88. The van der Waals surface area contributed by atoms with Gasteiger partial charge in [0.05, 0.1) is 6.42 Å². The fraction of sp³-hybridized carbons (Fsp3) is 0.188. The van der Waals surface area contributed by atoms with Crippen LogP contribution in [-0.2, 0) is 22.6 Å². The number of aromatic nitrogens is 2. The molecule has 3 aromatic rings.